The van der Waals surface area contributed by atoms with Crippen molar-refractivity contribution >= 4 is 17.6 Å². The maximum atomic E-state index is 12.3. The van der Waals surface area contributed by atoms with Gasteiger partial charge in [-0.15, -0.1) is 0 Å². The van der Waals surface area contributed by atoms with E-state index in [1.54, 1.807) is 31.4 Å². The first-order valence-corrected chi connectivity index (χ1v) is 6.56. The van der Waals surface area contributed by atoms with Crippen LogP contribution in [-0.2, 0) is 14.3 Å². The van der Waals surface area contributed by atoms with Crippen molar-refractivity contribution < 1.29 is 19.1 Å². The van der Waals surface area contributed by atoms with Crippen molar-refractivity contribution in [3.05, 3.63) is 24.3 Å². The van der Waals surface area contributed by atoms with Gasteiger partial charge in [-0.25, -0.2) is 4.79 Å². The van der Waals surface area contributed by atoms with Crippen LogP contribution in [0.4, 0.5) is 5.69 Å². The van der Waals surface area contributed by atoms with Crippen molar-refractivity contribution in [1.82, 2.24) is 0 Å². The number of hydrogen-bond donors (Lipinski definition) is 0. The van der Waals surface area contributed by atoms with E-state index in [1.807, 2.05) is 13.8 Å². The summed E-state index contributed by atoms with van der Waals surface area (Å²) >= 11 is 0. The lowest BCUT2D eigenvalue weighted by Gasteiger charge is -2.46. The highest BCUT2D eigenvalue weighted by Crippen LogP contribution is 2.38. The van der Waals surface area contributed by atoms with Crippen LogP contribution in [0.2, 0.25) is 0 Å². The molecule has 1 aliphatic heterocycles. The quantitative estimate of drug-likeness (QED) is 0.622. The number of esters is 1. The van der Waals surface area contributed by atoms with Crippen LogP contribution in [0.25, 0.3) is 0 Å². The number of rotatable bonds is 4. The van der Waals surface area contributed by atoms with Gasteiger partial charge in [-0.3, -0.25) is 9.69 Å². The number of benzene rings is 1. The molecule has 0 spiro atoms. The summed E-state index contributed by atoms with van der Waals surface area (Å²) in [5.74, 6) is 0.0714. The number of β-lactam (4-membered cyclic amide) rings is 1. The Morgan fingerprint density at radius 3 is 2.25 bits per heavy atom. The second kappa shape index (κ2) is 5.53. The average Bonchev–Trinajstić information content (AvgIpc) is 2.44. The molecule has 0 aliphatic carbocycles. The fourth-order valence-electron chi connectivity index (χ4n) is 2.56. The van der Waals surface area contributed by atoms with Crippen LogP contribution in [0.1, 0.15) is 13.8 Å². The fraction of sp³-hybridized carbons (Fsp3) is 0.467. The van der Waals surface area contributed by atoms with Crippen LogP contribution in [0.3, 0.4) is 0 Å². The molecule has 108 valence electrons. The zero-order valence-corrected chi connectivity index (χ0v) is 12.1. The first-order valence-electron chi connectivity index (χ1n) is 6.56. The first kappa shape index (κ1) is 14.4. The highest BCUT2D eigenvalue weighted by Gasteiger charge is 2.54. The second-order valence-corrected chi connectivity index (χ2v) is 5.14. The molecule has 1 fully saturated rings. The predicted octanol–water partition coefficient (Wildman–Crippen LogP) is 1.86. The molecule has 0 saturated carbocycles. The Labute approximate surface area is 118 Å². The van der Waals surface area contributed by atoms with E-state index in [0.717, 1.165) is 0 Å². The Morgan fingerprint density at radius 2 is 1.80 bits per heavy atom. The van der Waals surface area contributed by atoms with E-state index in [0.29, 0.717) is 11.4 Å². The van der Waals surface area contributed by atoms with Crippen molar-refractivity contribution in [3.63, 3.8) is 0 Å². The summed E-state index contributed by atoms with van der Waals surface area (Å²) < 4.78 is 9.91. The molecule has 5 heteroatoms. The smallest absolute Gasteiger partial charge is 0.329 e. The third kappa shape index (κ3) is 2.24. The highest BCUT2D eigenvalue weighted by atomic mass is 16.5. The normalized spacial score (nSPS) is 21.6. The molecular weight excluding hydrogens is 258 g/mol. The zero-order chi connectivity index (χ0) is 14.9. The molecule has 2 atom stereocenters. The molecule has 0 unspecified atom stereocenters. The lowest BCUT2D eigenvalue weighted by Crippen LogP contribution is -2.66. The number of ether oxygens (including phenoxy) is 2. The van der Waals surface area contributed by atoms with Crippen molar-refractivity contribution in [2.45, 2.75) is 19.9 Å². The Morgan fingerprint density at radius 1 is 1.20 bits per heavy atom. The van der Waals surface area contributed by atoms with Gasteiger partial charge in [-0.05, 0) is 30.2 Å². The van der Waals surface area contributed by atoms with Crippen LogP contribution in [-0.4, -0.2) is 32.1 Å². The van der Waals surface area contributed by atoms with Crippen molar-refractivity contribution in [2.24, 2.45) is 11.8 Å². The Kier molecular flexibility index (Phi) is 3.97. The highest BCUT2D eigenvalue weighted by molar-refractivity contribution is 6.10. The maximum Gasteiger partial charge on any atom is 0.329 e. The van der Waals surface area contributed by atoms with E-state index in [1.165, 1.54) is 12.0 Å². The third-order valence-corrected chi connectivity index (χ3v) is 3.65. The first-order chi connectivity index (χ1) is 9.51. The third-order valence-electron chi connectivity index (χ3n) is 3.65. The maximum absolute atomic E-state index is 12.3. The number of nitrogens with zero attached hydrogens (tertiary/aromatic N) is 1. The molecular formula is C15H19NO4. The molecule has 1 aliphatic rings. The molecule has 1 amide bonds. The lowest BCUT2D eigenvalue weighted by molar-refractivity contribution is -0.153. The van der Waals surface area contributed by atoms with Gasteiger partial charge < -0.3 is 9.47 Å². The standard InChI is InChI=1S/C15H19NO4/c1-9(2)12-13(15(18)20-4)16(14(12)17)10-5-7-11(19-3)8-6-10/h5-9,12-13H,1-4H3/t12-,13-/m0/s1. The van der Waals surface area contributed by atoms with E-state index >= 15 is 0 Å². The number of methoxy groups -OCH3 is 2. The summed E-state index contributed by atoms with van der Waals surface area (Å²) in [6, 6.07) is 6.52. The predicted molar refractivity (Wildman–Crippen MR) is 74.6 cm³/mol. The largest absolute Gasteiger partial charge is 0.497 e. The number of amides is 1. The van der Waals surface area contributed by atoms with Crippen molar-refractivity contribution in [1.29, 1.82) is 0 Å². The topological polar surface area (TPSA) is 55.8 Å². The van der Waals surface area contributed by atoms with Crippen LogP contribution in [0.5, 0.6) is 5.75 Å². The number of carbonyl (C=O) groups is 2. The molecule has 1 saturated heterocycles. The Hall–Kier alpha value is -2.04. The Balaban J connectivity index is 2.29. The van der Waals surface area contributed by atoms with Gasteiger partial charge in [-0.2, -0.15) is 0 Å². The lowest BCUT2D eigenvalue weighted by atomic mass is 9.78. The van der Waals surface area contributed by atoms with E-state index in [9.17, 15) is 9.59 Å². The minimum atomic E-state index is -0.541. The van der Waals surface area contributed by atoms with Crippen LogP contribution < -0.4 is 9.64 Å². The molecule has 5 nitrogen and oxygen atoms in total. The minimum absolute atomic E-state index is 0.0411. The number of hydrogen-bond acceptors (Lipinski definition) is 4. The van der Waals surface area contributed by atoms with Crippen LogP contribution in [0.15, 0.2) is 24.3 Å². The molecule has 0 radical (unpaired) electrons. The second-order valence-electron chi connectivity index (χ2n) is 5.14. The summed E-state index contributed by atoms with van der Waals surface area (Å²) in [5.41, 5.74) is 0.683. The molecule has 20 heavy (non-hydrogen) atoms. The molecule has 0 bridgehead atoms. The molecule has 1 aromatic rings. The number of carbonyl (C=O) groups excluding carboxylic acids is 2. The SMILES string of the molecule is COC(=O)[C@@H]1[C@H](C(C)C)C(=O)N1c1ccc(OC)cc1. The number of anilines is 1. The summed E-state index contributed by atoms with van der Waals surface area (Å²) in [6.07, 6.45) is 0. The van der Waals surface area contributed by atoms with E-state index in [4.69, 9.17) is 9.47 Å². The summed E-state index contributed by atoms with van der Waals surface area (Å²) in [5, 5.41) is 0. The zero-order valence-electron chi connectivity index (χ0n) is 12.1. The fourth-order valence-corrected chi connectivity index (χ4v) is 2.56. The van der Waals surface area contributed by atoms with Gasteiger partial charge in [0.05, 0.1) is 20.1 Å². The van der Waals surface area contributed by atoms with Gasteiger partial charge in [0.25, 0.3) is 0 Å². The summed E-state index contributed by atoms with van der Waals surface area (Å²) in [7, 11) is 2.92. The van der Waals surface area contributed by atoms with Crippen LogP contribution in [0, 0.1) is 11.8 Å². The van der Waals surface area contributed by atoms with Gasteiger partial charge >= 0.3 is 5.97 Å². The molecule has 0 N–H and O–H groups in total. The van der Waals surface area contributed by atoms with E-state index in [-0.39, 0.29) is 23.7 Å². The summed E-state index contributed by atoms with van der Waals surface area (Å²) in [6.45, 7) is 3.87. The van der Waals surface area contributed by atoms with Crippen molar-refractivity contribution in [3.8, 4) is 5.75 Å². The molecule has 2 rings (SSSR count). The Bertz CT molecular complexity index is 509. The van der Waals surface area contributed by atoms with Gasteiger partial charge in [-0.1, -0.05) is 13.8 Å². The molecule has 1 heterocycles. The van der Waals surface area contributed by atoms with Gasteiger partial charge in [0.2, 0.25) is 5.91 Å². The van der Waals surface area contributed by atoms with Gasteiger partial charge in [0.15, 0.2) is 0 Å². The van der Waals surface area contributed by atoms with E-state index in [2.05, 4.69) is 0 Å². The monoisotopic (exact) mass is 277 g/mol. The minimum Gasteiger partial charge on any atom is -0.497 e. The van der Waals surface area contributed by atoms with E-state index < -0.39 is 6.04 Å². The van der Waals surface area contributed by atoms with Gasteiger partial charge in [0.1, 0.15) is 11.8 Å². The summed E-state index contributed by atoms with van der Waals surface area (Å²) in [4.78, 5) is 25.7. The van der Waals surface area contributed by atoms with Gasteiger partial charge in [0, 0.05) is 5.69 Å². The average molecular weight is 277 g/mol. The molecule has 1 aromatic carbocycles. The van der Waals surface area contributed by atoms with Crippen LogP contribution >= 0.6 is 0 Å². The molecule has 0 aromatic heterocycles. The van der Waals surface area contributed by atoms with Crippen molar-refractivity contribution in [2.75, 3.05) is 19.1 Å².